The first kappa shape index (κ1) is 10.8. The standard InChI is InChI=1S/C19H15/c1-3-9-16-14(6-1)8-5-11-18(16)19-13-12-15-7-2-4-10-17(15)19/h1-11H,12-13H2. The molecule has 0 nitrogen and oxygen atoms in total. The molecule has 1 aliphatic rings. The van der Waals surface area contributed by atoms with E-state index in [1.807, 2.05) is 0 Å². The van der Waals surface area contributed by atoms with Crippen LogP contribution in [0, 0.1) is 5.92 Å². The number of hydrogen-bond donors (Lipinski definition) is 0. The molecule has 0 heteroatoms. The third-order valence-corrected chi connectivity index (χ3v) is 4.10. The van der Waals surface area contributed by atoms with E-state index < -0.39 is 0 Å². The predicted molar refractivity (Wildman–Crippen MR) is 80.2 cm³/mol. The summed E-state index contributed by atoms with van der Waals surface area (Å²) < 4.78 is 0. The Bertz CT molecular complexity index is 734. The monoisotopic (exact) mass is 243 g/mol. The van der Waals surface area contributed by atoms with Crippen LogP contribution in [0.5, 0.6) is 0 Å². The average Bonchev–Trinajstić information content (AvgIpc) is 2.90. The summed E-state index contributed by atoms with van der Waals surface area (Å²) in [6.07, 6.45) is 2.34. The van der Waals surface area contributed by atoms with E-state index in [0.29, 0.717) is 0 Å². The van der Waals surface area contributed by atoms with Crippen molar-refractivity contribution in [3.05, 3.63) is 89.3 Å². The van der Waals surface area contributed by atoms with Crippen LogP contribution in [-0.2, 0) is 6.42 Å². The highest BCUT2D eigenvalue weighted by atomic mass is 14.3. The van der Waals surface area contributed by atoms with Crippen LogP contribution in [-0.4, -0.2) is 0 Å². The second-order valence-corrected chi connectivity index (χ2v) is 5.16. The molecule has 4 rings (SSSR count). The molecule has 19 heavy (non-hydrogen) atoms. The minimum Gasteiger partial charge on any atom is -0.0620 e. The first-order chi connectivity index (χ1) is 9.43. The maximum atomic E-state index is 2.26. The molecular weight excluding hydrogens is 228 g/mol. The summed E-state index contributed by atoms with van der Waals surface area (Å²) in [5.74, 6) is 1.51. The Labute approximate surface area is 113 Å². The van der Waals surface area contributed by atoms with Crippen molar-refractivity contribution in [2.75, 3.05) is 0 Å². The molecule has 0 aromatic heterocycles. The van der Waals surface area contributed by atoms with Crippen LogP contribution >= 0.6 is 0 Å². The van der Waals surface area contributed by atoms with Gasteiger partial charge in [0, 0.05) is 5.92 Å². The Kier molecular flexibility index (Phi) is 2.41. The zero-order chi connectivity index (χ0) is 12.7. The van der Waals surface area contributed by atoms with Crippen LogP contribution in [0.2, 0.25) is 0 Å². The molecule has 0 unspecified atom stereocenters. The molecule has 0 spiro atoms. The van der Waals surface area contributed by atoms with Crippen LogP contribution in [0.15, 0.2) is 66.7 Å². The van der Waals surface area contributed by atoms with Crippen molar-refractivity contribution in [1.82, 2.24) is 0 Å². The molecular formula is C19H15. The van der Waals surface area contributed by atoms with Crippen LogP contribution in [0.25, 0.3) is 10.8 Å². The van der Waals surface area contributed by atoms with Crippen LogP contribution in [0.3, 0.4) is 0 Å². The Balaban J connectivity index is 1.93. The molecule has 1 aliphatic carbocycles. The second kappa shape index (κ2) is 4.24. The van der Waals surface area contributed by atoms with Crippen molar-refractivity contribution in [3.8, 4) is 0 Å². The van der Waals surface area contributed by atoms with Crippen molar-refractivity contribution in [2.24, 2.45) is 0 Å². The van der Waals surface area contributed by atoms with E-state index in [1.165, 1.54) is 39.8 Å². The minimum absolute atomic E-state index is 1.16. The zero-order valence-corrected chi connectivity index (χ0v) is 10.8. The summed E-state index contributed by atoms with van der Waals surface area (Å²) in [6.45, 7) is 0. The SMILES string of the molecule is c1ccc2c(c1)CC[C]2c1cccc2ccccc12. The van der Waals surface area contributed by atoms with Crippen molar-refractivity contribution in [2.45, 2.75) is 12.8 Å². The smallest absolute Gasteiger partial charge is 0.0352 e. The quantitative estimate of drug-likeness (QED) is 0.578. The summed E-state index contributed by atoms with van der Waals surface area (Å²) in [6, 6.07) is 24.1. The molecule has 0 atom stereocenters. The number of rotatable bonds is 1. The molecule has 1 radical (unpaired) electrons. The molecule has 3 aromatic carbocycles. The van der Waals surface area contributed by atoms with Gasteiger partial charge in [0.05, 0.1) is 0 Å². The van der Waals surface area contributed by atoms with Crippen molar-refractivity contribution < 1.29 is 0 Å². The van der Waals surface area contributed by atoms with Crippen molar-refractivity contribution in [3.63, 3.8) is 0 Å². The third-order valence-electron chi connectivity index (χ3n) is 4.10. The summed E-state index contributed by atoms with van der Waals surface area (Å²) >= 11 is 0. The summed E-state index contributed by atoms with van der Waals surface area (Å²) in [7, 11) is 0. The first-order valence-corrected chi connectivity index (χ1v) is 6.86. The lowest BCUT2D eigenvalue weighted by atomic mass is 9.89. The molecule has 0 N–H and O–H groups in total. The van der Waals surface area contributed by atoms with Gasteiger partial charge in [-0.2, -0.15) is 0 Å². The molecule has 91 valence electrons. The lowest BCUT2D eigenvalue weighted by Gasteiger charge is -2.14. The molecule has 0 saturated heterocycles. The van der Waals surface area contributed by atoms with E-state index >= 15 is 0 Å². The van der Waals surface area contributed by atoms with Gasteiger partial charge in [-0.25, -0.2) is 0 Å². The second-order valence-electron chi connectivity index (χ2n) is 5.16. The molecule has 0 aliphatic heterocycles. The van der Waals surface area contributed by atoms with E-state index in [4.69, 9.17) is 0 Å². The minimum atomic E-state index is 1.16. The lowest BCUT2D eigenvalue weighted by Crippen LogP contribution is -1.98. The van der Waals surface area contributed by atoms with Gasteiger partial charge in [0.25, 0.3) is 0 Å². The van der Waals surface area contributed by atoms with E-state index in [-0.39, 0.29) is 0 Å². The Hall–Kier alpha value is -2.08. The van der Waals surface area contributed by atoms with Gasteiger partial charge in [0.1, 0.15) is 0 Å². The fourth-order valence-corrected chi connectivity index (χ4v) is 3.20. The van der Waals surface area contributed by atoms with Crippen molar-refractivity contribution >= 4 is 10.8 Å². The molecule has 3 aromatic rings. The molecule has 0 saturated carbocycles. The molecule has 0 fully saturated rings. The van der Waals surface area contributed by atoms with Gasteiger partial charge in [-0.15, -0.1) is 0 Å². The highest BCUT2D eigenvalue weighted by molar-refractivity contribution is 5.88. The van der Waals surface area contributed by atoms with Gasteiger partial charge in [-0.05, 0) is 40.3 Å². The Morgan fingerprint density at radius 1 is 0.579 bits per heavy atom. The van der Waals surface area contributed by atoms with Gasteiger partial charge in [-0.1, -0.05) is 66.7 Å². The van der Waals surface area contributed by atoms with Crippen molar-refractivity contribution in [1.29, 1.82) is 0 Å². The summed E-state index contributed by atoms with van der Waals surface area (Å²) in [5.41, 5.74) is 4.34. The zero-order valence-electron chi connectivity index (χ0n) is 10.8. The fraction of sp³-hybridized carbons (Fsp3) is 0.105. The molecule has 0 amide bonds. The Morgan fingerprint density at radius 2 is 1.32 bits per heavy atom. The summed E-state index contributed by atoms with van der Waals surface area (Å²) in [5, 5.41) is 2.70. The third kappa shape index (κ3) is 1.67. The first-order valence-electron chi connectivity index (χ1n) is 6.86. The van der Waals surface area contributed by atoms with Gasteiger partial charge < -0.3 is 0 Å². The normalized spacial score (nSPS) is 14.7. The maximum absolute atomic E-state index is 2.26. The highest BCUT2D eigenvalue weighted by Crippen LogP contribution is 2.39. The van der Waals surface area contributed by atoms with Crippen LogP contribution in [0.1, 0.15) is 23.1 Å². The van der Waals surface area contributed by atoms with Crippen LogP contribution < -0.4 is 0 Å². The number of hydrogen-bond acceptors (Lipinski definition) is 0. The highest BCUT2D eigenvalue weighted by Gasteiger charge is 2.25. The number of benzene rings is 3. The van der Waals surface area contributed by atoms with E-state index in [2.05, 4.69) is 66.7 Å². The van der Waals surface area contributed by atoms with Crippen LogP contribution in [0.4, 0.5) is 0 Å². The van der Waals surface area contributed by atoms with E-state index in [0.717, 1.165) is 6.42 Å². The Morgan fingerprint density at radius 3 is 2.32 bits per heavy atom. The maximum Gasteiger partial charge on any atom is 0.0352 e. The van der Waals surface area contributed by atoms with Gasteiger partial charge in [-0.3, -0.25) is 0 Å². The predicted octanol–water partition coefficient (Wildman–Crippen LogP) is 4.76. The summed E-state index contributed by atoms with van der Waals surface area (Å²) in [4.78, 5) is 0. The number of fused-ring (bicyclic) bond motifs is 2. The van der Waals surface area contributed by atoms with Gasteiger partial charge in [0.15, 0.2) is 0 Å². The fourth-order valence-electron chi connectivity index (χ4n) is 3.20. The molecule has 0 heterocycles. The van der Waals surface area contributed by atoms with E-state index in [1.54, 1.807) is 0 Å². The largest absolute Gasteiger partial charge is 0.0620 e. The number of aryl methyl sites for hydroxylation is 1. The average molecular weight is 243 g/mol. The molecule has 0 bridgehead atoms. The lowest BCUT2D eigenvalue weighted by molar-refractivity contribution is 0.967. The topological polar surface area (TPSA) is 0 Å². The van der Waals surface area contributed by atoms with E-state index in [9.17, 15) is 0 Å². The van der Waals surface area contributed by atoms with Gasteiger partial charge in [0.2, 0.25) is 0 Å². The van der Waals surface area contributed by atoms with Gasteiger partial charge >= 0.3 is 0 Å².